The third kappa shape index (κ3) is 5.26. The van der Waals surface area contributed by atoms with Gasteiger partial charge < -0.3 is 19.7 Å². The van der Waals surface area contributed by atoms with Gasteiger partial charge in [-0.25, -0.2) is 9.79 Å². The Labute approximate surface area is 220 Å². The standard InChI is InChI=1S/C29H29N3O4S/c1-19-25(28(34)36-17-16-35-2)26(32-15-6-18-37-29(32)30-19)21-11-13-22(14-12-21)31-27(33)24-10-5-8-20-7-3-4-9-23(20)24/h3-5,7-14,26H,6,15-18H2,1-2H3,(H,31,33)/t26-/m0/s1. The van der Waals surface area contributed by atoms with Crippen LogP contribution < -0.4 is 5.32 Å². The summed E-state index contributed by atoms with van der Waals surface area (Å²) in [5.74, 6) is 0.454. The van der Waals surface area contributed by atoms with Crippen molar-refractivity contribution >= 4 is 45.3 Å². The number of hydrogen-bond acceptors (Lipinski definition) is 7. The number of allylic oxidation sites excluding steroid dienone is 1. The first-order chi connectivity index (χ1) is 18.1. The van der Waals surface area contributed by atoms with Crippen molar-refractivity contribution in [1.82, 2.24) is 4.90 Å². The van der Waals surface area contributed by atoms with E-state index in [9.17, 15) is 9.59 Å². The molecule has 7 nitrogen and oxygen atoms in total. The van der Waals surface area contributed by atoms with Gasteiger partial charge in [0.25, 0.3) is 5.91 Å². The topological polar surface area (TPSA) is 80.2 Å². The first kappa shape index (κ1) is 25.0. The quantitative estimate of drug-likeness (QED) is 0.335. The number of ether oxygens (including phenoxy) is 2. The summed E-state index contributed by atoms with van der Waals surface area (Å²) in [7, 11) is 1.57. The molecule has 0 bridgehead atoms. The number of carbonyl (C=O) groups excluding carboxylic acids is 2. The summed E-state index contributed by atoms with van der Waals surface area (Å²) in [6.45, 7) is 3.18. The molecule has 2 heterocycles. The van der Waals surface area contributed by atoms with E-state index in [1.54, 1.807) is 18.9 Å². The Morgan fingerprint density at radius 2 is 1.84 bits per heavy atom. The van der Waals surface area contributed by atoms with Crippen LogP contribution in [0.25, 0.3) is 10.8 Å². The third-order valence-electron chi connectivity index (χ3n) is 6.52. The van der Waals surface area contributed by atoms with Gasteiger partial charge in [0.05, 0.1) is 23.9 Å². The maximum absolute atomic E-state index is 13.1. The van der Waals surface area contributed by atoms with Crippen LogP contribution in [-0.4, -0.2) is 54.6 Å². The number of hydrogen-bond donors (Lipinski definition) is 1. The molecule has 8 heteroatoms. The molecule has 37 heavy (non-hydrogen) atoms. The van der Waals surface area contributed by atoms with Gasteiger partial charge in [-0.1, -0.05) is 60.3 Å². The van der Waals surface area contributed by atoms with Crippen molar-refractivity contribution in [3.63, 3.8) is 0 Å². The lowest BCUT2D eigenvalue weighted by Gasteiger charge is -2.40. The van der Waals surface area contributed by atoms with Gasteiger partial charge in [-0.05, 0) is 47.9 Å². The molecule has 0 aliphatic carbocycles. The van der Waals surface area contributed by atoms with Crippen molar-refractivity contribution in [1.29, 1.82) is 0 Å². The van der Waals surface area contributed by atoms with E-state index in [1.807, 2.05) is 73.7 Å². The number of esters is 1. The number of rotatable bonds is 7. The molecule has 0 spiro atoms. The Kier molecular flexibility index (Phi) is 7.58. The predicted octanol–water partition coefficient (Wildman–Crippen LogP) is 5.41. The van der Waals surface area contributed by atoms with Crippen molar-refractivity contribution in [2.75, 3.05) is 37.9 Å². The van der Waals surface area contributed by atoms with Crippen LogP contribution >= 0.6 is 11.8 Å². The van der Waals surface area contributed by atoms with Crippen LogP contribution in [0.1, 0.15) is 35.3 Å². The zero-order chi connectivity index (χ0) is 25.8. The lowest BCUT2D eigenvalue weighted by molar-refractivity contribution is -0.141. The number of anilines is 1. The summed E-state index contributed by atoms with van der Waals surface area (Å²) in [4.78, 5) is 33.1. The van der Waals surface area contributed by atoms with Gasteiger partial charge in [0.15, 0.2) is 5.17 Å². The minimum Gasteiger partial charge on any atom is -0.460 e. The number of thioether (sulfide) groups is 1. The summed E-state index contributed by atoms with van der Waals surface area (Å²) in [5, 5.41) is 5.87. The number of fused-ring (bicyclic) bond motifs is 2. The fourth-order valence-corrected chi connectivity index (χ4v) is 5.76. The minimum atomic E-state index is -0.383. The molecule has 1 atom stereocenters. The first-order valence-corrected chi connectivity index (χ1v) is 13.3. The number of aliphatic imine (C=N–C) groups is 1. The minimum absolute atomic E-state index is 0.165. The molecule has 0 aromatic heterocycles. The second-order valence-corrected chi connectivity index (χ2v) is 9.99. The number of carbonyl (C=O) groups is 2. The monoisotopic (exact) mass is 515 g/mol. The zero-order valence-corrected chi connectivity index (χ0v) is 21.7. The Balaban J connectivity index is 1.41. The Bertz CT molecular complexity index is 1380. The molecule has 3 aromatic carbocycles. The highest BCUT2D eigenvalue weighted by atomic mass is 32.2. The summed E-state index contributed by atoms with van der Waals surface area (Å²) in [6.07, 6.45) is 1.00. The molecule has 1 saturated heterocycles. The molecular formula is C29H29N3O4S. The van der Waals surface area contributed by atoms with Crippen LogP contribution in [-0.2, 0) is 14.3 Å². The van der Waals surface area contributed by atoms with E-state index in [2.05, 4.69) is 10.2 Å². The van der Waals surface area contributed by atoms with Crippen LogP contribution in [0.5, 0.6) is 0 Å². The number of methoxy groups -OCH3 is 1. The molecule has 0 saturated carbocycles. The summed E-state index contributed by atoms with van der Waals surface area (Å²) in [5.41, 5.74) is 3.46. The van der Waals surface area contributed by atoms with Gasteiger partial charge in [-0.3, -0.25) is 4.79 Å². The molecule has 0 unspecified atom stereocenters. The maximum Gasteiger partial charge on any atom is 0.338 e. The average molecular weight is 516 g/mol. The van der Waals surface area contributed by atoms with Gasteiger partial charge in [0, 0.05) is 30.7 Å². The van der Waals surface area contributed by atoms with E-state index in [0.29, 0.717) is 29.1 Å². The number of benzene rings is 3. The second-order valence-electron chi connectivity index (χ2n) is 8.92. The van der Waals surface area contributed by atoms with Gasteiger partial charge in [0.1, 0.15) is 6.61 Å². The van der Waals surface area contributed by atoms with Crippen molar-refractivity contribution < 1.29 is 19.1 Å². The van der Waals surface area contributed by atoms with Gasteiger partial charge in [-0.15, -0.1) is 0 Å². The highest BCUT2D eigenvalue weighted by Crippen LogP contribution is 2.40. The van der Waals surface area contributed by atoms with Gasteiger partial charge in [0.2, 0.25) is 0 Å². The molecular weight excluding hydrogens is 486 g/mol. The highest BCUT2D eigenvalue weighted by molar-refractivity contribution is 8.13. The van der Waals surface area contributed by atoms with E-state index in [1.165, 1.54) is 0 Å². The van der Waals surface area contributed by atoms with Crippen LogP contribution in [0.2, 0.25) is 0 Å². The van der Waals surface area contributed by atoms with Crippen LogP contribution in [0.3, 0.4) is 0 Å². The van der Waals surface area contributed by atoms with Crippen LogP contribution in [0, 0.1) is 0 Å². The van der Waals surface area contributed by atoms with Crippen LogP contribution in [0.15, 0.2) is 83.0 Å². The third-order valence-corrected chi connectivity index (χ3v) is 7.59. The molecule has 1 N–H and O–H groups in total. The number of amides is 1. The number of amidine groups is 1. The molecule has 2 aliphatic rings. The Hall–Kier alpha value is -3.62. The normalized spacial score (nSPS) is 17.3. The number of nitrogens with one attached hydrogen (secondary N) is 1. The van der Waals surface area contributed by atoms with E-state index in [0.717, 1.165) is 40.2 Å². The molecule has 1 amide bonds. The maximum atomic E-state index is 13.1. The van der Waals surface area contributed by atoms with Crippen molar-refractivity contribution in [3.8, 4) is 0 Å². The van der Waals surface area contributed by atoms with Crippen molar-refractivity contribution in [3.05, 3.63) is 89.1 Å². The largest absolute Gasteiger partial charge is 0.460 e. The summed E-state index contributed by atoms with van der Waals surface area (Å²) in [6, 6.07) is 20.9. The van der Waals surface area contributed by atoms with Crippen LogP contribution in [0.4, 0.5) is 5.69 Å². The van der Waals surface area contributed by atoms with E-state index in [-0.39, 0.29) is 24.5 Å². The summed E-state index contributed by atoms with van der Waals surface area (Å²) < 4.78 is 10.5. The molecule has 5 rings (SSSR count). The number of nitrogens with zero attached hydrogens (tertiary/aromatic N) is 2. The lowest BCUT2D eigenvalue weighted by atomic mass is 9.94. The molecule has 3 aromatic rings. The van der Waals surface area contributed by atoms with E-state index >= 15 is 0 Å². The average Bonchev–Trinajstić information content (AvgIpc) is 2.92. The van der Waals surface area contributed by atoms with E-state index < -0.39 is 0 Å². The van der Waals surface area contributed by atoms with Gasteiger partial charge in [-0.2, -0.15) is 0 Å². The SMILES string of the molecule is COCCOC(=O)C1=C(C)N=C2SCCCN2[C@H]1c1ccc(NC(=O)c2cccc3ccccc23)cc1. The smallest absolute Gasteiger partial charge is 0.338 e. The van der Waals surface area contributed by atoms with E-state index in [4.69, 9.17) is 14.5 Å². The Morgan fingerprint density at radius 3 is 2.65 bits per heavy atom. The highest BCUT2D eigenvalue weighted by Gasteiger charge is 2.37. The molecule has 2 aliphatic heterocycles. The fraction of sp³-hybridized carbons (Fsp3) is 0.276. The fourth-order valence-electron chi connectivity index (χ4n) is 4.74. The second kappa shape index (κ2) is 11.2. The molecule has 0 radical (unpaired) electrons. The van der Waals surface area contributed by atoms with Crippen molar-refractivity contribution in [2.45, 2.75) is 19.4 Å². The van der Waals surface area contributed by atoms with Crippen molar-refractivity contribution in [2.24, 2.45) is 4.99 Å². The first-order valence-electron chi connectivity index (χ1n) is 12.3. The zero-order valence-electron chi connectivity index (χ0n) is 20.9. The van der Waals surface area contributed by atoms with Gasteiger partial charge >= 0.3 is 5.97 Å². The molecule has 1 fully saturated rings. The summed E-state index contributed by atoms with van der Waals surface area (Å²) >= 11 is 1.71. The lowest BCUT2D eigenvalue weighted by Crippen LogP contribution is -2.42. The predicted molar refractivity (Wildman–Crippen MR) is 148 cm³/mol. The molecule has 190 valence electrons. The Morgan fingerprint density at radius 1 is 1.05 bits per heavy atom.